The van der Waals surface area contributed by atoms with Crippen molar-refractivity contribution in [3.63, 3.8) is 0 Å². The number of nitrogens with two attached hydrogens (primary N) is 1. The van der Waals surface area contributed by atoms with Crippen LogP contribution in [0.1, 0.15) is 24.8 Å². The van der Waals surface area contributed by atoms with Crippen LogP contribution in [0, 0.1) is 5.92 Å². The van der Waals surface area contributed by atoms with E-state index in [0.29, 0.717) is 0 Å². The number of rotatable bonds is 1. The molecule has 4 rings (SSSR count). The third kappa shape index (κ3) is 1.38. The molecule has 2 fully saturated rings. The first-order chi connectivity index (χ1) is 8.31. The lowest BCUT2D eigenvalue weighted by molar-refractivity contribution is 0.553. The van der Waals surface area contributed by atoms with Crippen molar-refractivity contribution in [2.75, 3.05) is 23.0 Å². The fourth-order valence-electron chi connectivity index (χ4n) is 3.83. The van der Waals surface area contributed by atoms with Crippen molar-refractivity contribution in [1.82, 2.24) is 0 Å². The van der Waals surface area contributed by atoms with Crippen LogP contribution < -0.4 is 15.8 Å². The van der Waals surface area contributed by atoms with Crippen LogP contribution in [0.2, 0.25) is 0 Å². The summed E-state index contributed by atoms with van der Waals surface area (Å²) in [4.78, 5) is 2.62. The second-order valence-corrected chi connectivity index (χ2v) is 5.74. The molecule has 2 unspecified atom stereocenters. The summed E-state index contributed by atoms with van der Waals surface area (Å²) in [5, 5.41) is 1.87. The maximum Gasteiger partial charge on any atom is 0.0551 e. The van der Waals surface area contributed by atoms with Crippen molar-refractivity contribution < 1.29 is 0 Å². The molecule has 0 radical (unpaired) electrons. The first-order valence-corrected chi connectivity index (χ1v) is 6.73. The Hall–Kier alpha value is -1.22. The molecule has 1 aliphatic carbocycles. The third-order valence-corrected chi connectivity index (χ3v) is 4.74. The second-order valence-electron chi connectivity index (χ2n) is 5.74. The highest BCUT2D eigenvalue weighted by Crippen LogP contribution is 2.41. The van der Waals surface area contributed by atoms with Gasteiger partial charge < -0.3 is 9.91 Å². The Bertz CT molecular complexity index is 457. The number of hydrogen-bond donors (Lipinski definition) is 1. The lowest BCUT2D eigenvalue weighted by Crippen LogP contribution is -2.31. The maximum absolute atomic E-state index is 5.93. The van der Waals surface area contributed by atoms with Gasteiger partial charge in [-0.25, -0.2) is 5.84 Å². The number of hydrogen-bond acceptors (Lipinski definition) is 3. The van der Waals surface area contributed by atoms with Crippen molar-refractivity contribution in [3.8, 4) is 0 Å². The Morgan fingerprint density at radius 1 is 1.24 bits per heavy atom. The van der Waals surface area contributed by atoms with Crippen molar-refractivity contribution in [2.45, 2.75) is 31.7 Å². The molecule has 0 spiro atoms. The zero-order valence-electron chi connectivity index (χ0n) is 10.1. The van der Waals surface area contributed by atoms with Crippen molar-refractivity contribution in [2.24, 2.45) is 11.8 Å². The first-order valence-electron chi connectivity index (χ1n) is 6.73. The summed E-state index contributed by atoms with van der Waals surface area (Å²) in [6.07, 6.45) is 5.36. The van der Waals surface area contributed by atoms with Gasteiger partial charge in [0.2, 0.25) is 0 Å². The summed E-state index contributed by atoms with van der Waals surface area (Å²) in [5.74, 6) is 6.89. The summed E-state index contributed by atoms with van der Waals surface area (Å²) in [7, 11) is 0. The molecule has 2 bridgehead atoms. The van der Waals surface area contributed by atoms with Gasteiger partial charge in [-0.05, 0) is 55.4 Å². The van der Waals surface area contributed by atoms with E-state index in [1.165, 1.54) is 42.7 Å². The molecular weight excluding hydrogens is 210 g/mol. The highest BCUT2D eigenvalue weighted by atomic mass is 15.4. The molecule has 0 amide bonds. The van der Waals surface area contributed by atoms with Crippen LogP contribution in [0.25, 0.3) is 0 Å². The van der Waals surface area contributed by atoms with E-state index in [9.17, 15) is 0 Å². The van der Waals surface area contributed by atoms with Gasteiger partial charge in [0.15, 0.2) is 0 Å². The van der Waals surface area contributed by atoms with Gasteiger partial charge in [0.25, 0.3) is 0 Å². The van der Waals surface area contributed by atoms with E-state index in [2.05, 4.69) is 23.1 Å². The van der Waals surface area contributed by atoms with Gasteiger partial charge in [0, 0.05) is 24.8 Å². The summed E-state index contributed by atoms with van der Waals surface area (Å²) < 4.78 is 0. The van der Waals surface area contributed by atoms with E-state index < -0.39 is 0 Å². The third-order valence-electron chi connectivity index (χ3n) is 4.74. The van der Waals surface area contributed by atoms with E-state index >= 15 is 0 Å². The lowest BCUT2D eigenvalue weighted by atomic mass is 10.1. The molecule has 1 saturated heterocycles. The summed E-state index contributed by atoms with van der Waals surface area (Å²) in [6.45, 7) is 2.24. The van der Waals surface area contributed by atoms with E-state index in [1.54, 1.807) is 0 Å². The van der Waals surface area contributed by atoms with Crippen LogP contribution in [-0.2, 0) is 6.42 Å². The van der Waals surface area contributed by atoms with Gasteiger partial charge in [0.05, 0.1) is 5.69 Å². The van der Waals surface area contributed by atoms with E-state index in [-0.39, 0.29) is 0 Å². The lowest BCUT2D eigenvalue weighted by Gasteiger charge is -2.29. The predicted octanol–water partition coefficient (Wildman–Crippen LogP) is 1.91. The van der Waals surface area contributed by atoms with Crippen LogP contribution in [0.4, 0.5) is 11.4 Å². The SMILES string of the molecule is NN1CCc2cc(N3CC4CCC3C4)ccc21. The molecule has 17 heavy (non-hydrogen) atoms. The molecule has 2 heterocycles. The fourth-order valence-corrected chi connectivity index (χ4v) is 3.83. The average molecular weight is 229 g/mol. The largest absolute Gasteiger partial charge is 0.368 e. The minimum Gasteiger partial charge on any atom is -0.368 e. The Morgan fingerprint density at radius 2 is 2.18 bits per heavy atom. The number of hydrazine groups is 1. The Balaban J connectivity index is 1.67. The Morgan fingerprint density at radius 3 is 2.94 bits per heavy atom. The minimum absolute atomic E-state index is 0.813. The molecule has 1 saturated carbocycles. The summed E-state index contributed by atoms with van der Waals surface area (Å²) >= 11 is 0. The molecule has 2 atom stereocenters. The Kier molecular flexibility index (Phi) is 1.95. The molecular formula is C14H19N3. The zero-order chi connectivity index (χ0) is 11.4. The van der Waals surface area contributed by atoms with Gasteiger partial charge in [-0.1, -0.05) is 0 Å². The monoisotopic (exact) mass is 229 g/mol. The van der Waals surface area contributed by atoms with Crippen molar-refractivity contribution >= 4 is 11.4 Å². The van der Waals surface area contributed by atoms with Gasteiger partial charge in [-0.3, -0.25) is 0 Å². The second kappa shape index (κ2) is 3.39. The molecule has 3 aliphatic rings. The number of anilines is 2. The predicted molar refractivity (Wildman–Crippen MR) is 70.2 cm³/mol. The number of fused-ring (bicyclic) bond motifs is 3. The molecule has 3 nitrogen and oxygen atoms in total. The van der Waals surface area contributed by atoms with Gasteiger partial charge in [-0.15, -0.1) is 0 Å². The number of piperidine rings is 1. The normalized spacial score (nSPS) is 30.2. The molecule has 1 aromatic carbocycles. The number of benzene rings is 1. The topological polar surface area (TPSA) is 32.5 Å². The first kappa shape index (κ1) is 9.77. The van der Waals surface area contributed by atoms with Crippen molar-refractivity contribution in [3.05, 3.63) is 23.8 Å². The van der Waals surface area contributed by atoms with Crippen LogP contribution in [0.5, 0.6) is 0 Å². The molecule has 2 N–H and O–H groups in total. The van der Waals surface area contributed by atoms with E-state index in [1.807, 2.05) is 5.01 Å². The molecule has 2 aliphatic heterocycles. The van der Waals surface area contributed by atoms with Crippen molar-refractivity contribution in [1.29, 1.82) is 0 Å². The van der Waals surface area contributed by atoms with Gasteiger partial charge in [-0.2, -0.15) is 0 Å². The van der Waals surface area contributed by atoms with Crippen LogP contribution >= 0.6 is 0 Å². The quantitative estimate of drug-likeness (QED) is 0.747. The zero-order valence-corrected chi connectivity index (χ0v) is 10.1. The average Bonchev–Trinajstić information content (AvgIpc) is 3.04. The molecule has 90 valence electrons. The van der Waals surface area contributed by atoms with E-state index in [0.717, 1.165) is 24.9 Å². The summed E-state index contributed by atoms with van der Waals surface area (Å²) in [6, 6.07) is 7.63. The maximum atomic E-state index is 5.93. The Labute approximate surface area is 102 Å². The van der Waals surface area contributed by atoms with Gasteiger partial charge in [0.1, 0.15) is 0 Å². The molecule has 1 aromatic rings. The highest BCUT2D eigenvalue weighted by molar-refractivity contribution is 5.64. The van der Waals surface area contributed by atoms with Crippen LogP contribution in [0.15, 0.2) is 18.2 Å². The standard InChI is InChI=1S/C14H19N3/c15-17-6-5-11-8-13(3-4-14(11)17)16-9-10-1-2-12(16)7-10/h3-4,8,10,12H,1-2,5-7,9,15H2. The smallest absolute Gasteiger partial charge is 0.0551 e. The molecule has 0 aromatic heterocycles. The summed E-state index contributed by atoms with van der Waals surface area (Å²) in [5.41, 5.74) is 4.07. The van der Waals surface area contributed by atoms with Crippen LogP contribution in [-0.4, -0.2) is 19.1 Å². The highest BCUT2D eigenvalue weighted by Gasteiger charge is 2.38. The van der Waals surface area contributed by atoms with Crippen LogP contribution in [0.3, 0.4) is 0 Å². The fraction of sp³-hybridized carbons (Fsp3) is 0.571. The number of nitrogens with zero attached hydrogens (tertiary/aromatic N) is 2. The van der Waals surface area contributed by atoms with Gasteiger partial charge >= 0.3 is 0 Å². The molecule has 3 heteroatoms. The minimum atomic E-state index is 0.813. The van der Waals surface area contributed by atoms with E-state index in [4.69, 9.17) is 5.84 Å².